The number of hydrogen-bond acceptors (Lipinski definition) is 4. The average molecular weight is 409 g/mol. The summed E-state index contributed by atoms with van der Waals surface area (Å²) >= 11 is 11.9. The first-order chi connectivity index (χ1) is 12.8. The number of aromatic carboxylic acids is 1. The molecule has 1 aromatic heterocycles. The fraction of sp³-hybridized carbons (Fsp3) is 0.0556. The molecule has 0 atom stereocenters. The van der Waals surface area contributed by atoms with Gasteiger partial charge in [-0.15, -0.1) is 0 Å². The van der Waals surface area contributed by atoms with Crippen LogP contribution in [-0.4, -0.2) is 22.1 Å². The first-order valence-corrected chi connectivity index (χ1v) is 8.30. The number of nitrogens with one attached hydrogen (secondary N) is 1. The summed E-state index contributed by atoms with van der Waals surface area (Å²) in [6.07, 6.45) is 0. The third-order valence-corrected chi connectivity index (χ3v) is 4.39. The lowest BCUT2D eigenvalue weighted by Gasteiger charge is -2.08. The highest BCUT2D eigenvalue weighted by molar-refractivity contribution is 6.34. The summed E-state index contributed by atoms with van der Waals surface area (Å²) in [5.41, 5.74) is -0.125. The van der Waals surface area contributed by atoms with Gasteiger partial charge in [-0.2, -0.15) is 0 Å². The lowest BCUT2D eigenvalue weighted by molar-refractivity contribution is 0.0696. The predicted octanol–water partition coefficient (Wildman–Crippen LogP) is 5.05. The maximum Gasteiger partial charge on any atom is 0.337 e. The fourth-order valence-electron chi connectivity index (χ4n) is 2.49. The highest BCUT2D eigenvalue weighted by Crippen LogP contribution is 2.34. The minimum Gasteiger partial charge on any atom is -0.478 e. The Morgan fingerprint density at radius 1 is 1.19 bits per heavy atom. The number of aryl methyl sites for hydroxylation is 1. The number of carbonyl (C=O) groups excluding carboxylic acids is 1. The van der Waals surface area contributed by atoms with Crippen LogP contribution in [0.25, 0.3) is 11.3 Å². The highest BCUT2D eigenvalue weighted by Gasteiger charge is 2.25. The van der Waals surface area contributed by atoms with Gasteiger partial charge in [0.05, 0.1) is 21.2 Å². The molecule has 1 amide bonds. The van der Waals surface area contributed by atoms with Crippen molar-refractivity contribution in [1.82, 2.24) is 5.16 Å². The van der Waals surface area contributed by atoms with Gasteiger partial charge in [-0.3, -0.25) is 4.79 Å². The Kier molecular flexibility index (Phi) is 5.16. The molecule has 6 nitrogen and oxygen atoms in total. The Bertz CT molecular complexity index is 1050. The van der Waals surface area contributed by atoms with Crippen LogP contribution in [0.3, 0.4) is 0 Å². The molecule has 0 aliphatic rings. The van der Waals surface area contributed by atoms with Gasteiger partial charge in [0.25, 0.3) is 5.91 Å². The highest BCUT2D eigenvalue weighted by atomic mass is 35.5. The molecule has 0 aliphatic heterocycles. The van der Waals surface area contributed by atoms with Crippen molar-refractivity contribution in [2.45, 2.75) is 6.92 Å². The summed E-state index contributed by atoms with van der Waals surface area (Å²) in [5.74, 6) is -2.42. The van der Waals surface area contributed by atoms with E-state index < -0.39 is 17.7 Å². The number of aromatic nitrogens is 1. The van der Waals surface area contributed by atoms with Crippen molar-refractivity contribution < 1.29 is 23.6 Å². The summed E-state index contributed by atoms with van der Waals surface area (Å²) < 4.78 is 19.3. The van der Waals surface area contributed by atoms with Crippen LogP contribution in [0, 0.1) is 12.7 Å². The topological polar surface area (TPSA) is 92.4 Å². The van der Waals surface area contributed by atoms with Crippen molar-refractivity contribution >= 4 is 40.8 Å². The van der Waals surface area contributed by atoms with Gasteiger partial charge < -0.3 is 14.9 Å². The molecule has 3 rings (SSSR count). The van der Waals surface area contributed by atoms with Crippen LogP contribution in [-0.2, 0) is 0 Å². The second-order valence-corrected chi connectivity index (χ2v) is 6.33. The van der Waals surface area contributed by atoms with Crippen molar-refractivity contribution in [2.24, 2.45) is 0 Å². The summed E-state index contributed by atoms with van der Waals surface area (Å²) in [5, 5.41) is 15.5. The van der Waals surface area contributed by atoms with Gasteiger partial charge >= 0.3 is 5.97 Å². The van der Waals surface area contributed by atoms with E-state index in [2.05, 4.69) is 10.5 Å². The summed E-state index contributed by atoms with van der Waals surface area (Å²) in [6.45, 7) is 1.49. The number of hydrogen-bond donors (Lipinski definition) is 2. The van der Waals surface area contributed by atoms with Gasteiger partial charge in [-0.1, -0.05) is 34.4 Å². The number of halogens is 3. The van der Waals surface area contributed by atoms with E-state index in [1.54, 1.807) is 0 Å². The number of nitrogens with zero attached hydrogens (tertiary/aromatic N) is 1. The Balaban J connectivity index is 2.01. The van der Waals surface area contributed by atoms with E-state index in [9.17, 15) is 14.0 Å². The first kappa shape index (κ1) is 18.9. The Morgan fingerprint density at radius 3 is 2.59 bits per heavy atom. The van der Waals surface area contributed by atoms with Crippen LogP contribution in [0.2, 0.25) is 10.0 Å². The molecule has 0 spiro atoms. The molecule has 138 valence electrons. The minimum atomic E-state index is -1.24. The molecule has 0 radical (unpaired) electrons. The maximum atomic E-state index is 14.2. The normalized spacial score (nSPS) is 10.7. The summed E-state index contributed by atoms with van der Waals surface area (Å²) in [4.78, 5) is 23.9. The first-order valence-electron chi connectivity index (χ1n) is 7.54. The van der Waals surface area contributed by atoms with Crippen LogP contribution in [0.5, 0.6) is 0 Å². The largest absolute Gasteiger partial charge is 0.478 e. The van der Waals surface area contributed by atoms with Gasteiger partial charge in [0.2, 0.25) is 0 Å². The maximum absolute atomic E-state index is 14.2. The lowest BCUT2D eigenvalue weighted by Crippen LogP contribution is -2.14. The summed E-state index contributed by atoms with van der Waals surface area (Å²) in [7, 11) is 0. The van der Waals surface area contributed by atoms with Gasteiger partial charge in [-0.05, 0) is 37.3 Å². The van der Waals surface area contributed by atoms with Crippen LogP contribution >= 0.6 is 23.2 Å². The monoisotopic (exact) mass is 408 g/mol. The van der Waals surface area contributed by atoms with Gasteiger partial charge in [-0.25, -0.2) is 9.18 Å². The van der Waals surface area contributed by atoms with E-state index in [1.165, 1.54) is 43.3 Å². The Hall–Kier alpha value is -2.90. The molecule has 2 aromatic carbocycles. The van der Waals surface area contributed by atoms with Crippen molar-refractivity contribution in [2.75, 3.05) is 5.32 Å². The Morgan fingerprint density at radius 2 is 1.93 bits per heavy atom. The summed E-state index contributed by atoms with van der Waals surface area (Å²) in [6, 6.07) is 8.06. The SMILES string of the molecule is Cc1onc(-c2c(F)cccc2Cl)c1C(=O)Nc1ccc(Cl)c(C(=O)O)c1. The molecular weight excluding hydrogens is 398 g/mol. The van der Waals surface area contributed by atoms with E-state index >= 15 is 0 Å². The third-order valence-electron chi connectivity index (χ3n) is 3.74. The molecule has 0 bridgehead atoms. The number of carbonyl (C=O) groups is 2. The van der Waals surface area contributed by atoms with E-state index in [1.807, 2.05) is 0 Å². The standard InChI is InChI=1S/C18H11Cl2FN2O4/c1-8-14(16(23-27-8)15-12(20)3-2-4-13(15)21)17(24)22-9-5-6-11(19)10(7-9)18(25)26/h2-7H,1H3,(H,22,24)(H,25,26). The van der Waals surface area contributed by atoms with Crippen molar-refractivity contribution in [3.05, 3.63) is 69.1 Å². The predicted molar refractivity (Wildman–Crippen MR) is 98.0 cm³/mol. The molecule has 9 heteroatoms. The second kappa shape index (κ2) is 7.38. The molecule has 0 saturated carbocycles. The van der Waals surface area contributed by atoms with E-state index in [-0.39, 0.29) is 43.9 Å². The molecule has 0 aliphatic carbocycles. The van der Waals surface area contributed by atoms with E-state index in [4.69, 9.17) is 32.8 Å². The number of carboxylic acids is 1. The number of amides is 1. The average Bonchev–Trinajstić information content (AvgIpc) is 2.97. The van der Waals surface area contributed by atoms with Crippen LogP contribution in [0.15, 0.2) is 40.9 Å². The van der Waals surface area contributed by atoms with Gasteiger partial charge in [0, 0.05) is 5.69 Å². The third kappa shape index (κ3) is 3.65. The lowest BCUT2D eigenvalue weighted by atomic mass is 10.0. The van der Waals surface area contributed by atoms with Crippen molar-refractivity contribution in [1.29, 1.82) is 0 Å². The van der Waals surface area contributed by atoms with E-state index in [0.29, 0.717) is 0 Å². The molecule has 2 N–H and O–H groups in total. The Labute approximate surface area is 162 Å². The number of benzene rings is 2. The van der Waals surface area contributed by atoms with Crippen LogP contribution in [0.1, 0.15) is 26.5 Å². The zero-order valence-electron chi connectivity index (χ0n) is 13.7. The van der Waals surface area contributed by atoms with Gasteiger partial charge in [0.1, 0.15) is 22.8 Å². The van der Waals surface area contributed by atoms with Crippen molar-refractivity contribution in [3.8, 4) is 11.3 Å². The molecule has 0 unspecified atom stereocenters. The fourth-order valence-corrected chi connectivity index (χ4v) is 2.95. The smallest absolute Gasteiger partial charge is 0.337 e. The molecule has 0 fully saturated rings. The van der Waals surface area contributed by atoms with Crippen LogP contribution < -0.4 is 5.32 Å². The molecule has 1 heterocycles. The van der Waals surface area contributed by atoms with Gasteiger partial charge in [0.15, 0.2) is 0 Å². The number of rotatable bonds is 4. The quantitative estimate of drug-likeness (QED) is 0.630. The molecular formula is C18H11Cl2FN2O4. The second-order valence-electron chi connectivity index (χ2n) is 5.51. The zero-order valence-corrected chi connectivity index (χ0v) is 15.2. The minimum absolute atomic E-state index is 0.0196. The van der Waals surface area contributed by atoms with Crippen molar-refractivity contribution in [3.63, 3.8) is 0 Å². The molecule has 27 heavy (non-hydrogen) atoms. The number of carboxylic acid groups (broad SMARTS) is 1. The number of anilines is 1. The zero-order chi connectivity index (χ0) is 19.7. The van der Waals surface area contributed by atoms with E-state index in [0.717, 1.165) is 0 Å². The molecule has 3 aromatic rings. The van der Waals surface area contributed by atoms with Crippen LogP contribution in [0.4, 0.5) is 10.1 Å². The molecule has 0 saturated heterocycles.